The summed E-state index contributed by atoms with van der Waals surface area (Å²) >= 11 is 0. The maximum absolute atomic E-state index is 9.78. The van der Waals surface area contributed by atoms with Crippen LogP contribution in [0.25, 0.3) is 6.20 Å². The lowest BCUT2D eigenvalue weighted by Gasteiger charge is -1.83. The molecule has 0 spiro atoms. The van der Waals surface area contributed by atoms with Gasteiger partial charge in [0.1, 0.15) is 6.29 Å². The highest BCUT2D eigenvalue weighted by atomic mass is 16.1. The zero-order chi connectivity index (χ0) is 6.53. The second-order valence-electron chi connectivity index (χ2n) is 1.49. The molecule has 0 aliphatic rings. The molecule has 0 aromatic carbocycles. The van der Waals surface area contributed by atoms with Crippen molar-refractivity contribution in [2.75, 3.05) is 0 Å². The van der Waals surface area contributed by atoms with Crippen molar-refractivity contribution in [3.8, 4) is 0 Å². The number of hydrogen-bond donors (Lipinski definition) is 0. The van der Waals surface area contributed by atoms with Gasteiger partial charge >= 0.3 is 0 Å². The fraction of sp³-hybridized carbons (Fsp3) is 0. The maximum atomic E-state index is 9.78. The van der Waals surface area contributed by atoms with Gasteiger partial charge in [-0.25, -0.2) is 4.98 Å². The van der Waals surface area contributed by atoms with Crippen molar-refractivity contribution in [2.24, 2.45) is 0 Å². The van der Waals surface area contributed by atoms with Crippen LogP contribution >= 0.6 is 0 Å². The summed E-state index contributed by atoms with van der Waals surface area (Å²) in [5, 5.41) is 0. The van der Waals surface area contributed by atoms with E-state index in [0.29, 0.717) is 0 Å². The quantitative estimate of drug-likeness (QED) is 0.424. The molecule has 0 fully saturated rings. The molecule has 3 nitrogen and oxygen atoms in total. The Kier molecular flexibility index (Phi) is 1.80. The standard InChI is InChI=1S/C6H6N2O/c9-5-1-3-8-4-2-7-6-8/h1-6H. The third-order valence-electron chi connectivity index (χ3n) is 0.862. The summed E-state index contributed by atoms with van der Waals surface area (Å²) < 4.78 is 1.69. The minimum Gasteiger partial charge on any atom is -0.313 e. The van der Waals surface area contributed by atoms with E-state index in [-0.39, 0.29) is 0 Å². The topological polar surface area (TPSA) is 34.9 Å². The summed E-state index contributed by atoms with van der Waals surface area (Å²) in [6, 6.07) is 0. The van der Waals surface area contributed by atoms with E-state index in [1.807, 2.05) is 0 Å². The molecule has 0 radical (unpaired) electrons. The summed E-state index contributed by atoms with van der Waals surface area (Å²) in [5.74, 6) is 0. The molecule has 0 saturated carbocycles. The van der Waals surface area contributed by atoms with E-state index in [2.05, 4.69) is 4.98 Å². The first-order chi connectivity index (χ1) is 4.43. The van der Waals surface area contributed by atoms with Crippen LogP contribution < -0.4 is 0 Å². The van der Waals surface area contributed by atoms with Gasteiger partial charge in [0.15, 0.2) is 0 Å². The maximum Gasteiger partial charge on any atom is 0.144 e. The van der Waals surface area contributed by atoms with Crippen LogP contribution in [-0.2, 0) is 4.79 Å². The summed E-state index contributed by atoms with van der Waals surface area (Å²) in [6.07, 6.45) is 8.76. The third-order valence-corrected chi connectivity index (χ3v) is 0.862. The normalized spacial score (nSPS) is 10.2. The SMILES string of the molecule is O=CC=Cn1ccnc1. The Balaban J connectivity index is 2.67. The Morgan fingerprint density at radius 1 is 1.56 bits per heavy atom. The fourth-order valence-corrected chi connectivity index (χ4v) is 0.492. The molecule has 0 aliphatic heterocycles. The molecule has 9 heavy (non-hydrogen) atoms. The Morgan fingerprint density at radius 3 is 3.00 bits per heavy atom. The van der Waals surface area contributed by atoms with Crippen molar-refractivity contribution >= 4 is 12.5 Å². The first-order valence-electron chi connectivity index (χ1n) is 2.53. The van der Waals surface area contributed by atoms with Crippen LogP contribution in [0, 0.1) is 0 Å². The number of rotatable bonds is 2. The Labute approximate surface area is 52.6 Å². The summed E-state index contributed by atoms with van der Waals surface area (Å²) in [5.41, 5.74) is 0. The number of nitrogens with zero attached hydrogens (tertiary/aromatic N) is 2. The molecule has 0 unspecified atom stereocenters. The number of carbonyl (C=O) groups is 1. The number of aromatic nitrogens is 2. The van der Waals surface area contributed by atoms with E-state index in [1.54, 1.807) is 29.5 Å². The molecule has 1 aromatic heterocycles. The van der Waals surface area contributed by atoms with Gasteiger partial charge in [-0.3, -0.25) is 4.79 Å². The molecule has 1 heterocycles. The van der Waals surface area contributed by atoms with Gasteiger partial charge in [0.2, 0.25) is 0 Å². The van der Waals surface area contributed by atoms with E-state index in [4.69, 9.17) is 0 Å². The molecule has 0 aliphatic carbocycles. The average molecular weight is 122 g/mol. The summed E-state index contributed by atoms with van der Waals surface area (Å²) in [6.45, 7) is 0. The van der Waals surface area contributed by atoms with Gasteiger partial charge in [0.05, 0.1) is 6.33 Å². The highest BCUT2D eigenvalue weighted by molar-refractivity contribution is 5.69. The van der Waals surface area contributed by atoms with Crippen LogP contribution in [0.5, 0.6) is 0 Å². The lowest BCUT2D eigenvalue weighted by atomic mass is 10.7. The Morgan fingerprint density at radius 2 is 2.44 bits per heavy atom. The van der Waals surface area contributed by atoms with Crippen LogP contribution in [0.2, 0.25) is 0 Å². The predicted molar refractivity (Wildman–Crippen MR) is 33.6 cm³/mol. The predicted octanol–water partition coefficient (Wildman–Crippen LogP) is 0.553. The molecule has 0 atom stereocenters. The molecule has 1 rings (SSSR count). The van der Waals surface area contributed by atoms with Gasteiger partial charge in [-0.2, -0.15) is 0 Å². The average Bonchev–Trinajstić information content (AvgIpc) is 2.34. The first kappa shape index (κ1) is 5.75. The van der Waals surface area contributed by atoms with Gasteiger partial charge in [-0.05, 0) is 6.08 Å². The zero-order valence-electron chi connectivity index (χ0n) is 4.77. The van der Waals surface area contributed by atoms with Crippen LogP contribution in [0.4, 0.5) is 0 Å². The minimum absolute atomic E-state index is 0.722. The summed E-state index contributed by atoms with van der Waals surface area (Å²) in [4.78, 5) is 13.6. The minimum atomic E-state index is 0.722. The number of hydrogen-bond acceptors (Lipinski definition) is 2. The van der Waals surface area contributed by atoms with Crippen molar-refractivity contribution in [3.05, 3.63) is 24.8 Å². The smallest absolute Gasteiger partial charge is 0.144 e. The van der Waals surface area contributed by atoms with Crippen molar-refractivity contribution in [1.29, 1.82) is 0 Å². The van der Waals surface area contributed by atoms with Crippen molar-refractivity contribution in [1.82, 2.24) is 9.55 Å². The van der Waals surface area contributed by atoms with E-state index >= 15 is 0 Å². The van der Waals surface area contributed by atoms with E-state index in [1.165, 1.54) is 6.08 Å². The Hall–Kier alpha value is -1.38. The molecule has 0 N–H and O–H groups in total. The van der Waals surface area contributed by atoms with E-state index in [9.17, 15) is 4.79 Å². The summed E-state index contributed by atoms with van der Waals surface area (Å²) in [7, 11) is 0. The first-order valence-corrected chi connectivity index (χ1v) is 2.53. The lowest BCUT2D eigenvalue weighted by molar-refractivity contribution is -0.104. The van der Waals surface area contributed by atoms with Gasteiger partial charge in [-0.1, -0.05) is 0 Å². The van der Waals surface area contributed by atoms with Crippen LogP contribution in [0.1, 0.15) is 0 Å². The second-order valence-corrected chi connectivity index (χ2v) is 1.49. The van der Waals surface area contributed by atoms with Crippen LogP contribution in [0.3, 0.4) is 0 Å². The van der Waals surface area contributed by atoms with Crippen LogP contribution in [-0.4, -0.2) is 15.8 Å². The molecule has 0 saturated heterocycles. The fourth-order valence-electron chi connectivity index (χ4n) is 0.492. The zero-order valence-corrected chi connectivity index (χ0v) is 4.77. The van der Waals surface area contributed by atoms with Gasteiger partial charge in [0, 0.05) is 18.6 Å². The van der Waals surface area contributed by atoms with Gasteiger partial charge < -0.3 is 4.57 Å². The van der Waals surface area contributed by atoms with Gasteiger partial charge in [0.25, 0.3) is 0 Å². The van der Waals surface area contributed by atoms with Crippen molar-refractivity contribution in [2.45, 2.75) is 0 Å². The Bertz CT molecular complexity index is 201. The van der Waals surface area contributed by atoms with E-state index < -0.39 is 0 Å². The molecular formula is C6H6N2O. The number of allylic oxidation sites excluding steroid dienone is 1. The van der Waals surface area contributed by atoms with Crippen LogP contribution in [0.15, 0.2) is 24.8 Å². The molecule has 46 valence electrons. The molecular weight excluding hydrogens is 116 g/mol. The van der Waals surface area contributed by atoms with Crippen molar-refractivity contribution in [3.63, 3.8) is 0 Å². The lowest BCUT2D eigenvalue weighted by Crippen LogP contribution is -1.77. The highest BCUT2D eigenvalue weighted by Crippen LogP contribution is 1.84. The highest BCUT2D eigenvalue weighted by Gasteiger charge is 1.76. The molecule has 1 aromatic rings. The van der Waals surface area contributed by atoms with Crippen molar-refractivity contribution < 1.29 is 4.79 Å². The number of imidazole rings is 1. The number of carbonyl (C=O) groups excluding carboxylic acids is 1. The molecule has 0 bridgehead atoms. The molecule has 3 heteroatoms. The monoisotopic (exact) mass is 122 g/mol. The second kappa shape index (κ2) is 2.81. The largest absolute Gasteiger partial charge is 0.313 e. The van der Waals surface area contributed by atoms with E-state index in [0.717, 1.165) is 6.29 Å². The van der Waals surface area contributed by atoms with Gasteiger partial charge in [-0.15, -0.1) is 0 Å². The molecule has 0 amide bonds. The third kappa shape index (κ3) is 1.53. The number of aldehydes is 1.